The zero-order valence-electron chi connectivity index (χ0n) is 11.7. The Morgan fingerprint density at radius 3 is 2.37 bits per heavy atom. The van der Waals surface area contributed by atoms with E-state index < -0.39 is 0 Å². The van der Waals surface area contributed by atoms with Gasteiger partial charge in [0.15, 0.2) is 0 Å². The monoisotopic (exact) mass is 272 g/mol. The number of aromatic nitrogens is 1. The molecule has 0 spiro atoms. The number of pyridine rings is 1. The molecule has 0 amide bonds. The predicted molar refractivity (Wildman–Crippen MR) is 81.4 cm³/mol. The van der Waals surface area contributed by atoms with Crippen LogP contribution in [0.2, 0.25) is 0 Å². The molecule has 1 aromatic carbocycles. The van der Waals surface area contributed by atoms with Crippen molar-refractivity contribution >= 4 is 11.8 Å². The van der Waals surface area contributed by atoms with E-state index in [1.165, 1.54) is 10.5 Å². The van der Waals surface area contributed by atoms with Crippen molar-refractivity contribution in [2.75, 3.05) is 0 Å². The Morgan fingerprint density at radius 2 is 1.79 bits per heavy atom. The lowest BCUT2D eigenvalue weighted by Gasteiger charge is -2.19. The van der Waals surface area contributed by atoms with Gasteiger partial charge < -0.3 is 5.73 Å². The minimum Gasteiger partial charge on any atom is -0.325 e. The topological polar surface area (TPSA) is 38.9 Å². The van der Waals surface area contributed by atoms with Crippen LogP contribution in [0.15, 0.2) is 52.4 Å². The predicted octanol–water partition coefficient (Wildman–Crippen LogP) is 3.99. The zero-order valence-corrected chi connectivity index (χ0v) is 12.5. The minimum absolute atomic E-state index is 0.194. The summed E-state index contributed by atoms with van der Waals surface area (Å²) in [6.45, 7) is 7.15. The number of benzene rings is 1. The summed E-state index contributed by atoms with van der Waals surface area (Å²) in [7, 11) is 0. The van der Waals surface area contributed by atoms with Crippen LogP contribution in [-0.4, -0.2) is 4.98 Å². The highest BCUT2D eigenvalue weighted by Crippen LogP contribution is 2.31. The van der Waals surface area contributed by atoms with Crippen LogP contribution in [-0.2, 0) is 12.0 Å². The summed E-state index contributed by atoms with van der Waals surface area (Å²) in [5, 5.41) is 0. The van der Waals surface area contributed by atoms with Crippen molar-refractivity contribution in [3.05, 3.63) is 53.9 Å². The Kier molecular flexibility index (Phi) is 4.27. The Labute approximate surface area is 119 Å². The minimum atomic E-state index is 0.194. The van der Waals surface area contributed by atoms with Crippen LogP contribution in [0.5, 0.6) is 0 Å². The average molecular weight is 272 g/mol. The van der Waals surface area contributed by atoms with E-state index in [0.29, 0.717) is 6.54 Å². The van der Waals surface area contributed by atoms with Gasteiger partial charge >= 0.3 is 0 Å². The number of hydrogen-bond acceptors (Lipinski definition) is 3. The second-order valence-electron chi connectivity index (χ2n) is 5.53. The van der Waals surface area contributed by atoms with Crippen LogP contribution in [0.3, 0.4) is 0 Å². The molecule has 0 unspecified atom stereocenters. The van der Waals surface area contributed by atoms with Gasteiger partial charge in [0.1, 0.15) is 0 Å². The molecule has 1 aromatic heterocycles. The molecule has 0 fully saturated rings. The maximum Gasteiger partial charge on any atom is 0.0678 e. The molecule has 0 saturated carbocycles. The zero-order chi connectivity index (χ0) is 13.9. The van der Waals surface area contributed by atoms with Gasteiger partial charge in [0, 0.05) is 22.5 Å². The highest BCUT2D eigenvalue weighted by Gasteiger charge is 2.13. The second kappa shape index (κ2) is 5.76. The van der Waals surface area contributed by atoms with Gasteiger partial charge in [-0.15, -0.1) is 0 Å². The normalized spacial score (nSPS) is 11.6. The SMILES string of the molecule is CC(C)(C)c1ccc(Sc2cccnc2CN)cc1. The molecule has 0 aliphatic rings. The van der Waals surface area contributed by atoms with Crippen LogP contribution < -0.4 is 5.73 Å². The first kappa shape index (κ1) is 14.1. The summed E-state index contributed by atoms with van der Waals surface area (Å²) in [4.78, 5) is 6.66. The van der Waals surface area contributed by atoms with Crippen molar-refractivity contribution in [2.24, 2.45) is 5.73 Å². The first-order valence-electron chi connectivity index (χ1n) is 6.43. The average Bonchev–Trinajstić information content (AvgIpc) is 2.39. The third-order valence-electron chi connectivity index (χ3n) is 2.99. The molecule has 0 bridgehead atoms. The van der Waals surface area contributed by atoms with Gasteiger partial charge in [0.05, 0.1) is 5.69 Å². The molecule has 1 heterocycles. The standard InChI is InChI=1S/C16H20N2S/c1-16(2,3)12-6-8-13(9-7-12)19-15-5-4-10-18-14(15)11-17/h4-10H,11,17H2,1-3H3. The van der Waals surface area contributed by atoms with Crippen molar-refractivity contribution in [2.45, 2.75) is 42.5 Å². The van der Waals surface area contributed by atoms with Crippen molar-refractivity contribution in [3.8, 4) is 0 Å². The number of hydrogen-bond donors (Lipinski definition) is 1. The Morgan fingerprint density at radius 1 is 1.11 bits per heavy atom. The molecule has 2 aromatic rings. The van der Waals surface area contributed by atoms with E-state index in [-0.39, 0.29) is 5.41 Å². The van der Waals surface area contributed by atoms with Gasteiger partial charge in [-0.05, 0) is 35.2 Å². The Balaban J connectivity index is 2.20. The first-order valence-corrected chi connectivity index (χ1v) is 7.25. The molecule has 2 N–H and O–H groups in total. The lowest BCUT2D eigenvalue weighted by Crippen LogP contribution is -2.10. The quantitative estimate of drug-likeness (QED) is 0.918. The molecule has 0 aliphatic heterocycles. The van der Waals surface area contributed by atoms with E-state index in [0.717, 1.165) is 10.6 Å². The third-order valence-corrected chi connectivity index (χ3v) is 4.09. The van der Waals surface area contributed by atoms with Crippen molar-refractivity contribution in [1.29, 1.82) is 0 Å². The summed E-state index contributed by atoms with van der Waals surface area (Å²) in [6, 6.07) is 12.7. The lowest BCUT2D eigenvalue weighted by atomic mass is 9.87. The highest BCUT2D eigenvalue weighted by atomic mass is 32.2. The Bertz CT molecular complexity index is 541. The van der Waals surface area contributed by atoms with Gasteiger partial charge in [0.2, 0.25) is 0 Å². The van der Waals surface area contributed by atoms with Gasteiger partial charge in [-0.2, -0.15) is 0 Å². The van der Waals surface area contributed by atoms with Crippen LogP contribution in [0.25, 0.3) is 0 Å². The molecule has 0 aliphatic carbocycles. The third kappa shape index (κ3) is 3.58. The van der Waals surface area contributed by atoms with Gasteiger partial charge in [-0.3, -0.25) is 4.98 Å². The number of nitrogens with two attached hydrogens (primary N) is 1. The smallest absolute Gasteiger partial charge is 0.0678 e. The van der Waals surface area contributed by atoms with Crippen LogP contribution in [0.4, 0.5) is 0 Å². The molecular formula is C16H20N2S. The molecule has 0 radical (unpaired) electrons. The lowest BCUT2D eigenvalue weighted by molar-refractivity contribution is 0.590. The molecule has 0 saturated heterocycles. The molecule has 2 rings (SSSR count). The molecule has 100 valence electrons. The molecule has 19 heavy (non-hydrogen) atoms. The fourth-order valence-corrected chi connectivity index (χ4v) is 2.75. The first-order chi connectivity index (χ1) is 9.00. The summed E-state index contributed by atoms with van der Waals surface area (Å²) >= 11 is 1.72. The number of nitrogens with zero attached hydrogens (tertiary/aromatic N) is 1. The van der Waals surface area contributed by atoms with E-state index >= 15 is 0 Å². The van der Waals surface area contributed by atoms with Crippen LogP contribution in [0.1, 0.15) is 32.0 Å². The van der Waals surface area contributed by atoms with Crippen molar-refractivity contribution < 1.29 is 0 Å². The summed E-state index contributed by atoms with van der Waals surface area (Å²) in [6.07, 6.45) is 1.79. The maximum atomic E-state index is 5.71. The van der Waals surface area contributed by atoms with Crippen molar-refractivity contribution in [1.82, 2.24) is 4.98 Å². The Hall–Kier alpha value is -1.32. The molecule has 2 nitrogen and oxygen atoms in total. The van der Waals surface area contributed by atoms with Gasteiger partial charge in [-0.1, -0.05) is 44.7 Å². The summed E-state index contributed by atoms with van der Waals surface area (Å²) in [5.74, 6) is 0. The van der Waals surface area contributed by atoms with E-state index in [4.69, 9.17) is 5.73 Å². The largest absolute Gasteiger partial charge is 0.325 e. The highest BCUT2D eigenvalue weighted by molar-refractivity contribution is 7.99. The van der Waals surface area contributed by atoms with E-state index in [1.807, 2.05) is 6.07 Å². The summed E-state index contributed by atoms with van der Waals surface area (Å²) in [5.41, 5.74) is 8.20. The molecule has 0 atom stereocenters. The van der Waals surface area contributed by atoms with Crippen LogP contribution in [0, 0.1) is 0 Å². The number of rotatable bonds is 3. The van der Waals surface area contributed by atoms with Crippen LogP contribution >= 0.6 is 11.8 Å². The fraction of sp³-hybridized carbons (Fsp3) is 0.312. The van der Waals surface area contributed by atoms with Crippen molar-refractivity contribution in [3.63, 3.8) is 0 Å². The second-order valence-corrected chi connectivity index (χ2v) is 6.64. The van der Waals surface area contributed by atoms with E-state index in [2.05, 4.69) is 56.1 Å². The maximum absolute atomic E-state index is 5.71. The molecular weight excluding hydrogens is 252 g/mol. The molecule has 3 heteroatoms. The summed E-state index contributed by atoms with van der Waals surface area (Å²) < 4.78 is 0. The fourth-order valence-electron chi connectivity index (χ4n) is 1.82. The van der Waals surface area contributed by atoms with E-state index in [1.54, 1.807) is 18.0 Å². The van der Waals surface area contributed by atoms with Gasteiger partial charge in [0.25, 0.3) is 0 Å². The van der Waals surface area contributed by atoms with E-state index in [9.17, 15) is 0 Å². The van der Waals surface area contributed by atoms with Gasteiger partial charge in [-0.25, -0.2) is 0 Å².